The van der Waals surface area contributed by atoms with Crippen molar-refractivity contribution in [2.45, 2.75) is 6.42 Å². The first-order valence-corrected chi connectivity index (χ1v) is 5.89. The number of rotatable bonds is 4. The van der Waals surface area contributed by atoms with Gasteiger partial charge in [0.05, 0.1) is 10.5 Å². The van der Waals surface area contributed by atoms with Crippen LogP contribution in [0.3, 0.4) is 0 Å². The predicted octanol–water partition coefficient (Wildman–Crippen LogP) is 1.83. The second kappa shape index (κ2) is 5.12. The fourth-order valence-corrected chi connectivity index (χ4v) is 2.24. The first kappa shape index (κ1) is 13.7. The van der Waals surface area contributed by atoms with E-state index < -0.39 is 10.9 Å². The Kier molecular flexibility index (Phi) is 3.51. The number of para-hydroxylation sites is 1. The summed E-state index contributed by atoms with van der Waals surface area (Å²) in [5, 5.41) is 20.2. The van der Waals surface area contributed by atoms with Gasteiger partial charge in [-0.2, -0.15) is 0 Å². The van der Waals surface area contributed by atoms with Gasteiger partial charge in [0.25, 0.3) is 5.69 Å². The van der Waals surface area contributed by atoms with Crippen molar-refractivity contribution < 1.29 is 19.6 Å². The lowest BCUT2D eigenvalue weighted by atomic mass is 10.1. The maximum atomic E-state index is 12.0. The van der Waals surface area contributed by atoms with Crippen LogP contribution in [0.4, 0.5) is 11.4 Å². The third-order valence-electron chi connectivity index (χ3n) is 3.20. The molecule has 0 aromatic heterocycles. The molecule has 7 nitrogen and oxygen atoms in total. The van der Waals surface area contributed by atoms with Gasteiger partial charge < -0.3 is 10.0 Å². The van der Waals surface area contributed by atoms with Crippen LogP contribution in [0, 0.1) is 16.0 Å². The number of carbonyl (C=O) groups is 2. The Labute approximate surface area is 114 Å². The van der Waals surface area contributed by atoms with Gasteiger partial charge in [0, 0.05) is 24.9 Å². The van der Waals surface area contributed by atoms with Crippen molar-refractivity contribution in [3.63, 3.8) is 0 Å². The molecular formula is C13H12N2O5. The molecular weight excluding hydrogens is 264 g/mol. The minimum atomic E-state index is -1.31. The lowest BCUT2D eigenvalue weighted by Gasteiger charge is -2.18. The highest BCUT2D eigenvalue weighted by Crippen LogP contribution is 2.36. The summed E-state index contributed by atoms with van der Waals surface area (Å²) in [6, 6.07) is 3.73. The van der Waals surface area contributed by atoms with E-state index in [1.165, 1.54) is 18.2 Å². The third-order valence-corrected chi connectivity index (χ3v) is 3.20. The summed E-state index contributed by atoms with van der Waals surface area (Å²) >= 11 is 0. The molecule has 1 aliphatic rings. The van der Waals surface area contributed by atoms with Crippen LogP contribution in [-0.2, 0) is 4.79 Å². The molecule has 0 spiro atoms. The summed E-state index contributed by atoms with van der Waals surface area (Å²) in [5.41, 5.74) is -0.792. The monoisotopic (exact) mass is 276 g/mol. The van der Waals surface area contributed by atoms with Gasteiger partial charge in [-0.1, -0.05) is 12.1 Å². The minimum Gasteiger partial charge on any atom is -0.478 e. The Morgan fingerprint density at radius 3 is 2.75 bits per heavy atom. The molecule has 1 amide bonds. The standard InChI is InChI=1S/C13H12N2O5/c1-2-8-6-11(16)14(7-8)12-9(13(17)18)4-3-5-10(12)15(19)20/h2-5,8H,1,6-7H2,(H,17,18). The van der Waals surface area contributed by atoms with Crippen LogP contribution in [0.1, 0.15) is 16.8 Å². The van der Waals surface area contributed by atoms with E-state index in [1.54, 1.807) is 6.08 Å². The second-order valence-electron chi connectivity index (χ2n) is 4.44. The smallest absolute Gasteiger partial charge is 0.338 e. The number of carboxylic acid groups (broad SMARTS) is 1. The van der Waals surface area contributed by atoms with E-state index in [4.69, 9.17) is 5.11 Å². The normalized spacial score (nSPS) is 18.1. The zero-order valence-corrected chi connectivity index (χ0v) is 10.5. The lowest BCUT2D eigenvalue weighted by molar-refractivity contribution is -0.384. The molecule has 1 aromatic carbocycles. The summed E-state index contributed by atoms with van der Waals surface area (Å²) in [6.07, 6.45) is 1.77. The van der Waals surface area contributed by atoms with Gasteiger partial charge in [-0.3, -0.25) is 14.9 Å². The molecule has 0 aliphatic carbocycles. The van der Waals surface area contributed by atoms with Crippen LogP contribution < -0.4 is 4.90 Å². The van der Waals surface area contributed by atoms with Gasteiger partial charge in [0.1, 0.15) is 5.69 Å². The molecule has 1 saturated heterocycles. The SMILES string of the molecule is C=CC1CC(=O)N(c2c(C(=O)O)cccc2[N+](=O)[O-])C1. The zero-order chi connectivity index (χ0) is 14.9. The Balaban J connectivity index is 2.59. The number of carbonyl (C=O) groups excluding carboxylic acids is 1. The van der Waals surface area contributed by atoms with Crippen LogP contribution >= 0.6 is 0 Å². The number of hydrogen-bond acceptors (Lipinski definition) is 4. The van der Waals surface area contributed by atoms with Gasteiger partial charge >= 0.3 is 5.97 Å². The van der Waals surface area contributed by atoms with E-state index in [0.717, 1.165) is 4.90 Å². The fraction of sp³-hybridized carbons (Fsp3) is 0.231. The van der Waals surface area contributed by atoms with Gasteiger partial charge in [0.2, 0.25) is 5.91 Å². The molecule has 1 heterocycles. The number of carboxylic acids is 1. The maximum absolute atomic E-state index is 12.0. The Bertz CT molecular complexity index is 579. The second-order valence-corrected chi connectivity index (χ2v) is 4.44. The predicted molar refractivity (Wildman–Crippen MR) is 70.7 cm³/mol. The average molecular weight is 276 g/mol. The fourth-order valence-electron chi connectivity index (χ4n) is 2.24. The van der Waals surface area contributed by atoms with Crippen molar-refractivity contribution in [3.8, 4) is 0 Å². The van der Waals surface area contributed by atoms with Gasteiger partial charge in [-0.15, -0.1) is 6.58 Å². The summed E-state index contributed by atoms with van der Waals surface area (Å²) in [4.78, 5) is 34.7. The first-order valence-electron chi connectivity index (χ1n) is 5.89. The van der Waals surface area contributed by atoms with Crippen molar-refractivity contribution in [2.75, 3.05) is 11.4 Å². The highest BCUT2D eigenvalue weighted by Gasteiger charge is 2.35. The number of nitro groups is 1. The highest BCUT2D eigenvalue weighted by molar-refractivity contribution is 6.05. The topological polar surface area (TPSA) is 101 Å². The minimum absolute atomic E-state index is 0.135. The number of benzene rings is 1. The van der Waals surface area contributed by atoms with Gasteiger partial charge in [-0.25, -0.2) is 4.79 Å². The highest BCUT2D eigenvalue weighted by atomic mass is 16.6. The van der Waals surface area contributed by atoms with Crippen molar-refractivity contribution in [1.82, 2.24) is 0 Å². The molecule has 1 N–H and O–H groups in total. The molecule has 0 radical (unpaired) electrons. The van der Waals surface area contributed by atoms with Gasteiger partial charge in [-0.05, 0) is 6.07 Å². The van der Waals surface area contributed by atoms with Crippen molar-refractivity contribution in [3.05, 3.63) is 46.5 Å². The summed E-state index contributed by atoms with van der Waals surface area (Å²) in [7, 11) is 0. The lowest BCUT2D eigenvalue weighted by Crippen LogP contribution is -2.27. The largest absolute Gasteiger partial charge is 0.478 e. The van der Waals surface area contributed by atoms with Crippen molar-refractivity contribution in [1.29, 1.82) is 0 Å². The summed E-state index contributed by atoms with van der Waals surface area (Å²) in [5.74, 6) is -1.78. The Hall–Kier alpha value is -2.70. The molecule has 1 aromatic rings. The summed E-state index contributed by atoms with van der Waals surface area (Å²) < 4.78 is 0. The number of amides is 1. The maximum Gasteiger partial charge on any atom is 0.338 e. The molecule has 7 heteroatoms. The molecule has 1 fully saturated rings. The zero-order valence-electron chi connectivity index (χ0n) is 10.5. The van der Waals surface area contributed by atoms with Crippen LogP contribution in [0.2, 0.25) is 0 Å². The van der Waals surface area contributed by atoms with Crippen LogP contribution in [0.25, 0.3) is 0 Å². The Morgan fingerprint density at radius 1 is 1.55 bits per heavy atom. The van der Waals surface area contributed by atoms with Crippen LogP contribution in [-0.4, -0.2) is 28.5 Å². The quantitative estimate of drug-likeness (QED) is 0.513. The molecule has 104 valence electrons. The first-order chi connectivity index (χ1) is 9.45. The Morgan fingerprint density at radius 2 is 2.25 bits per heavy atom. The van der Waals surface area contributed by atoms with E-state index in [1.807, 2.05) is 0 Å². The number of hydrogen-bond donors (Lipinski definition) is 1. The number of nitrogens with zero attached hydrogens (tertiary/aromatic N) is 2. The number of nitro benzene ring substituents is 1. The van der Waals surface area contributed by atoms with E-state index in [-0.39, 0.29) is 41.7 Å². The van der Waals surface area contributed by atoms with Crippen LogP contribution in [0.15, 0.2) is 30.9 Å². The van der Waals surface area contributed by atoms with E-state index >= 15 is 0 Å². The molecule has 1 aliphatic heterocycles. The van der Waals surface area contributed by atoms with Crippen molar-refractivity contribution in [2.24, 2.45) is 5.92 Å². The summed E-state index contributed by atoms with van der Waals surface area (Å²) in [6.45, 7) is 3.79. The molecule has 2 rings (SSSR count). The van der Waals surface area contributed by atoms with E-state index in [2.05, 4.69) is 6.58 Å². The average Bonchev–Trinajstić information content (AvgIpc) is 2.78. The van der Waals surface area contributed by atoms with Gasteiger partial charge in [0.15, 0.2) is 0 Å². The third kappa shape index (κ3) is 2.25. The van der Waals surface area contributed by atoms with Crippen LogP contribution in [0.5, 0.6) is 0 Å². The van der Waals surface area contributed by atoms with E-state index in [9.17, 15) is 19.7 Å². The van der Waals surface area contributed by atoms with E-state index in [0.29, 0.717) is 0 Å². The number of aromatic carboxylic acids is 1. The molecule has 1 unspecified atom stereocenters. The molecule has 1 atom stereocenters. The van der Waals surface area contributed by atoms with Crippen molar-refractivity contribution >= 4 is 23.3 Å². The molecule has 0 bridgehead atoms. The number of anilines is 1. The molecule has 0 saturated carbocycles. The molecule has 20 heavy (non-hydrogen) atoms.